The Hall–Kier alpha value is -3.52. The highest BCUT2D eigenvalue weighted by Gasteiger charge is 2.31. The van der Waals surface area contributed by atoms with Gasteiger partial charge in [-0.2, -0.15) is 8.42 Å². The van der Waals surface area contributed by atoms with Gasteiger partial charge < -0.3 is 14.3 Å². The van der Waals surface area contributed by atoms with Crippen LogP contribution >= 0.6 is 0 Å². The first-order valence-electron chi connectivity index (χ1n) is 11.7. The minimum atomic E-state index is -3.96. The van der Waals surface area contributed by atoms with E-state index in [4.69, 9.17) is 14.3 Å². The second-order valence-corrected chi connectivity index (χ2v) is 11.1. The van der Waals surface area contributed by atoms with Crippen LogP contribution in [0.15, 0.2) is 58.1 Å². The van der Waals surface area contributed by atoms with Gasteiger partial charge in [0.05, 0.1) is 5.69 Å². The highest BCUT2D eigenvalue weighted by atomic mass is 32.2. The van der Waals surface area contributed by atoms with Gasteiger partial charge in [-0.15, -0.1) is 0 Å². The molecule has 36 heavy (non-hydrogen) atoms. The van der Waals surface area contributed by atoms with E-state index in [0.29, 0.717) is 17.2 Å². The first-order valence-corrected chi connectivity index (χ1v) is 13.2. The van der Waals surface area contributed by atoms with Crippen LogP contribution in [0.3, 0.4) is 0 Å². The quantitative estimate of drug-likeness (QED) is 0.333. The highest BCUT2D eigenvalue weighted by molar-refractivity contribution is 7.92. The number of carboxylic acid groups (broad SMARTS) is 1. The molecule has 0 amide bonds. The molecular weight excluding hydrogens is 478 g/mol. The van der Waals surface area contributed by atoms with Crippen LogP contribution in [-0.2, 0) is 21.4 Å². The maximum Gasteiger partial charge on any atom is 0.328 e. The molecular formula is C28H33NO6S. The molecule has 0 saturated heterocycles. The number of sulfonamides is 1. The molecule has 1 aromatic heterocycles. The van der Waals surface area contributed by atoms with E-state index in [0.717, 1.165) is 33.9 Å². The number of hydrogen-bond donors (Lipinski definition) is 1. The van der Waals surface area contributed by atoms with Gasteiger partial charge >= 0.3 is 5.97 Å². The van der Waals surface area contributed by atoms with Gasteiger partial charge in [-0.25, -0.2) is 4.79 Å². The number of anilines is 1. The zero-order chi connectivity index (χ0) is 26.6. The van der Waals surface area contributed by atoms with E-state index in [2.05, 4.69) is 0 Å². The van der Waals surface area contributed by atoms with Crippen molar-refractivity contribution in [2.45, 2.75) is 53.2 Å². The van der Waals surface area contributed by atoms with Gasteiger partial charge in [-0.1, -0.05) is 32.0 Å². The predicted octanol–water partition coefficient (Wildman–Crippen LogP) is 6.04. The Bertz CT molecular complexity index is 1390. The van der Waals surface area contributed by atoms with Crippen LogP contribution in [0.25, 0.3) is 6.08 Å². The third-order valence-electron chi connectivity index (χ3n) is 5.80. The summed E-state index contributed by atoms with van der Waals surface area (Å²) in [5.41, 5.74) is 5.00. The minimum Gasteiger partial charge on any atom is -0.487 e. The van der Waals surface area contributed by atoms with Crippen molar-refractivity contribution >= 4 is 27.8 Å². The van der Waals surface area contributed by atoms with Crippen LogP contribution < -0.4 is 9.04 Å². The number of aryl methyl sites for hydroxylation is 4. The zero-order valence-corrected chi connectivity index (χ0v) is 22.3. The lowest BCUT2D eigenvalue weighted by Gasteiger charge is -2.28. The summed E-state index contributed by atoms with van der Waals surface area (Å²) in [4.78, 5) is 10.8. The van der Waals surface area contributed by atoms with Crippen molar-refractivity contribution in [1.29, 1.82) is 0 Å². The summed E-state index contributed by atoms with van der Waals surface area (Å²) < 4.78 is 40.4. The number of carboxylic acids is 1. The Kier molecular flexibility index (Phi) is 8.30. The van der Waals surface area contributed by atoms with Gasteiger partial charge in [0.2, 0.25) is 5.09 Å². The number of hydrogen-bond acceptors (Lipinski definition) is 5. The van der Waals surface area contributed by atoms with E-state index in [1.165, 1.54) is 16.4 Å². The molecule has 8 heteroatoms. The molecule has 0 aliphatic carbocycles. The van der Waals surface area contributed by atoms with E-state index < -0.39 is 16.0 Å². The highest BCUT2D eigenvalue weighted by Crippen LogP contribution is 2.36. The van der Waals surface area contributed by atoms with Gasteiger partial charge in [0.15, 0.2) is 0 Å². The van der Waals surface area contributed by atoms with Crippen LogP contribution in [0.2, 0.25) is 0 Å². The van der Waals surface area contributed by atoms with E-state index >= 15 is 0 Å². The molecule has 3 aromatic rings. The average molecular weight is 512 g/mol. The van der Waals surface area contributed by atoms with Crippen LogP contribution in [0.5, 0.6) is 5.75 Å². The fraction of sp³-hybridized carbons (Fsp3) is 0.321. The molecule has 0 atom stereocenters. The van der Waals surface area contributed by atoms with E-state index in [1.54, 1.807) is 13.0 Å². The summed E-state index contributed by atoms with van der Waals surface area (Å²) in [6, 6.07) is 12.4. The zero-order valence-electron chi connectivity index (χ0n) is 21.5. The van der Waals surface area contributed by atoms with E-state index in [-0.39, 0.29) is 24.2 Å². The Morgan fingerprint density at radius 1 is 1.03 bits per heavy atom. The Balaban J connectivity index is 1.99. The first-order chi connectivity index (χ1) is 16.9. The van der Waals surface area contributed by atoms with Gasteiger partial charge in [0.25, 0.3) is 10.0 Å². The molecule has 0 fully saturated rings. The Morgan fingerprint density at radius 2 is 1.72 bits per heavy atom. The maximum absolute atomic E-state index is 13.6. The van der Waals surface area contributed by atoms with Crippen molar-refractivity contribution in [2.75, 3.05) is 10.8 Å². The molecule has 2 aromatic carbocycles. The second-order valence-electron chi connectivity index (χ2n) is 9.35. The number of nitrogens with zero attached hydrogens (tertiary/aromatic N) is 1. The molecule has 1 heterocycles. The normalized spacial score (nSPS) is 11.9. The molecule has 0 radical (unpaired) electrons. The van der Waals surface area contributed by atoms with Crippen molar-refractivity contribution in [3.8, 4) is 5.75 Å². The lowest BCUT2D eigenvalue weighted by molar-refractivity contribution is -0.131. The van der Waals surface area contributed by atoms with Gasteiger partial charge in [-0.3, -0.25) is 4.31 Å². The molecule has 0 saturated carbocycles. The third-order valence-corrected chi connectivity index (χ3v) is 7.46. The summed E-state index contributed by atoms with van der Waals surface area (Å²) >= 11 is 0. The number of aliphatic carboxylic acids is 1. The molecule has 3 rings (SSSR count). The van der Waals surface area contributed by atoms with Crippen molar-refractivity contribution in [2.24, 2.45) is 5.92 Å². The summed E-state index contributed by atoms with van der Waals surface area (Å²) in [5.74, 6) is 0.0264. The number of ether oxygens (including phenoxy) is 1. The third kappa shape index (κ3) is 6.37. The fourth-order valence-corrected chi connectivity index (χ4v) is 5.30. The molecule has 0 aliphatic rings. The second kappa shape index (κ2) is 11.0. The monoisotopic (exact) mass is 511 g/mol. The first kappa shape index (κ1) is 27.1. The molecule has 1 N–H and O–H groups in total. The van der Waals surface area contributed by atoms with E-state index in [1.807, 2.05) is 65.0 Å². The van der Waals surface area contributed by atoms with Gasteiger partial charge in [0, 0.05) is 12.6 Å². The molecule has 7 nitrogen and oxygen atoms in total. The van der Waals surface area contributed by atoms with Crippen LogP contribution in [-0.4, -0.2) is 26.0 Å². The van der Waals surface area contributed by atoms with Crippen molar-refractivity contribution in [3.05, 3.63) is 82.1 Å². The summed E-state index contributed by atoms with van der Waals surface area (Å²) in [6.45, 7) is 11.9. The summed E-state index contributed by atoms with van der Waals surface area (Å²) in [7, 11) is -3.96. The molecule has 0 unspecified atom stereocenters. The average Bonchev–Trinajstić information content (AvgIpc) is 3.24. The fourth-order valence-electron chi connectivity index (χ4n) is 3.71. The summed E-state index contributed by atoms with van der Waals surface area (Å²) in [6.07, 6.45) is 2.63. The standard InChI is InChI=1S/C28H33NO6S/c1-18(2)16-29(36(32,33)28-12-7-22(6)35-28)25-14-19(3)20(4)15-26(25)34-17-24-10-8-23(13-21(24)5)9-11-27(30)31/h7-15,18H,16-17H2,1-6H3,(H,30,31). The molecule has 0 spiro atoms. The maximum atomic E-state index is 13.6. The SMILES string of the molecule is Cc1ccc(S(=O)(=O)N(CC(C)C)c2cc(C)c(C)cc2OCc2ccc(C=CC(=O)O)cc2C)o1. The molecule has 0 aliphatic heterocycles. The summed E-state index contributed by atoms with van der Waals surface area (Å²) in [5, 5.41) is 8.74. The van der Waals surface area contributed by atoms with Crippen molar-refractivity contribution in [1.82, 2.24) is 0 Å². The van der Waals surface area contributed by atoms with Gasteiger partial charge in [0.1, 0.15) is 18.1 Å². The lowest BCUT2D eigenvalue weighted by Crippen LogP contribution is -2.34. The van der Waals surface area contributed by atoms with Crippen molar-refractivity contribution < 1.29 is 27.5 Å². The Labute approximate surface area is 213 Å². The van der Waals surface area contributed by atoms with Crippen LogP contribution in [0.4, 0.5) is 5.69 Å². The van der Waals surface area contributed by atoms with Crippen molar-refractivity contribution in [3.63, 3.8) is 0 Å². The smallest absolute Gasteiger partial charge is 0.328 e. The number of carbonyl (C=O) groups is 1. The van der Waals surface area contributed by atoms with E-state index in [9.17, 15) is 13.2 Å². The molecule has 0 bridgehead atoms. The number of rotatable bonds is 10. The lowest BCUT2D eigenvalue weighted by atomic mass is 10.0. The number of furan rings is 1. The minimum absolute atomic E-state index is 0.0546. The predicted molar refractivity (Wildman–Crippen MR) is 141 cm³/mol. The number of benzene rings is 2. The van der Waals surface area contributed by atoms with Crippen LogP contribution in [0.1, 0.15) is 47.4 Å². The topological polar surface area (TPSA) is 97.0 Å². The van der Waals surface area contributed by atoms with Gasteiger partial charge in [-0.05, 0) is 91.8 Å². The Morgan fingerprint density at radius 3 is 2.31 bits per heavy atom. The largest absolute Gasteiger partial charge is 0.487 e. The van der Waals surface area contributed by atoms with Crippen LogP contribution in [0, 0.1) is 33.6 Å². The molecule has 192 valence electrons.